The molecule has 1 saturated carbocycles. The first-order valence-corrected chi connectivity index (χ1v) is 9.09. The molecule has 1 amide bonds. The third-order valence-corrected chi connectivity index (χ3v) is 5.05. The Morgan fingerprint density at radius 2 is 1.82 bits per heavy atom. The number of carbonyl (C=O) groups excluding carboxylic acids is 1. The average Bonchev–Trinajstić information content (AvgIpc) is 3.41. The van der Waals surface area contributed by atoms with Crippen LogP contribution in [0.5, 0.6) is 5.75 Å². The van der Waals surface area contributed by atoms with Crippen LogP contribution in [-0.2, 0) is 6.18 Å². The highest BCUT2D eigenvalue weighted by Gasteiger charge is 2.39. The topological polar surface area (TPSA) is 51.5 Å². The number of likely N-dealkylation sites (tertiary alicyclic amines) is 1. The van der Waals surface area contributed by atoms with Gasteiger partial charge in [0.1, 0.15) is 11.9 Å². The molecule has 1 aliphatic carbocycles. The van der Waals surface area contributed by atoms with Crippen LogP contribution in [0.15, 0.2) is 41.2 Å². The van der Waals surface area contributed by atoms with E-state index in [-0.39, 0.29) is 36.4 Å². The van der Waals surface area contributed by atoms with E-state index in [1.807, 2.05) is 6.92 Å². The zero-order valence-corrected chi connectivity index (χ0v) is 15.2. The molecule has 0 radical (unpaired) electrons. The third-order valence-electron chi connectivity index (χ3n) is 5.05. The molecule has 5 nitrogen and oxygen atoms in total. The second-order valence-electron chi connectivity index (χ2n) is 7.27. The van der Waals surface area contributed by atoms with Crippen molar-refractivity contribution in [2.75, 3.05) is 13.1 Å². The molecule has 0 bridgehead atoms. The van der Waals surface area contributed by atoms with E-state index in [0.29, 0.717) is 5.75 Å². The molecule has 2 aromatic rings. The number of alkyl halides is 3. The highest BCUT2D eigenvalue weighted by Crippen LogP contribution is 2.35. The number of ether oxygens (including phenoxy) is 1. The van der Waals surface area contributed by atoms with Gasteiger partial charge < -0.3 is 14.2 Å². The lowest BCUT2D eigenvalue weighted by Gasteiger charge is -2.39. The van der Waals surface area contributed by atoms with Crippen LogP contribution in [0.2, 0.25) is 0 Å². The van der Waals surface area contributed by atoms with Gasteiger partial charge in [0.25, 0.3) is 11.5 Å². The van der Waals surface area contributed by atoms with E-state index < -0.39 is 17.6 Å². The van der Waals surface area contributed by atoms with Gasteiger partial charge in [-0.05, 0) is 38.0 Å². The van der Waals surface area contributed by atoms with E-state index in [0.717, 1.165) is 24.6 Å². The molecular weight excluding hydrogens is 373 g/mol. The monoisotopic (exact) mass is 392 g/mol. The van der Waals surface area contributed by atoms with Crippen LogP contribution >= 0.6 is 0 Å². The summed E-state index contributed by atoms with van der Waals surface area (Å²) in [6.45, 7) is 2.20. The van der Waals surface area contributed by atoms with Crippen molar-refractivity contribution < 1.29 is 22.7 Å². The Balaban J connectivity index is 1.42. The molecule has 4 rings (SSSR count). The van der Waals surface area contributed by atoms with Crippen molar-refractivity contribution in [3.05, 3.63) is 63.6 Å². The first-order chi connectivity index (χ1) is 13.2. The molecule has 1 saturated heterocycles. The van der Waals surface area contributed by atoms with Gasteiger partial charge in [-0.2, -0.15) is 13.2 Å². The molecule has 2 fully saturated rings. The summed E-state index contributed by atoms with van der Waals surface area (Å²) in [4.78, 5) is 26.0. The summed E-state index contributed by atoms with van der Waals surface area (Å²) in [6, 6.07) is 8.23. The number of benzene rings is 1. The third kappa shape index (κ3) is 3.50. The van der Waals surface area contributed by atoms with E-state index in [1.165, 1.54) is 29.2 Å². The number of carbonyl (C=O) groups is 1. The zero-order valence-electron chi connectivity index (χ0n) is 15.2. The fourth-order valence-corrected chi connectivity index (χ4v) is 3.51. The molecule has 8 heteroatoms. The van der Waals surface area contributed by atoms with Gasteiger partial charge in [0, 0.05) is 17.8 Å². The van der Waals surface area contributed by atoms with Crippen LogP contribution in [0.25, 0.3) is 0 Å². The van der Waals surface area contributed by atoms with Gasteiger partial charge in [0.05, 0.1) is 24.2 Å². The fraction of sp³-hybridized carbons (Fsp3) is 0.400. The SMILES string of the molecule is Cc1cc(OC2CN(C(=O)c3ccccc3C(F)(F)F)C2)cc(=O)n1C1CC1. The summed E-state index contributed by atoms with van der Waals surface area (Å²) in [5.74, 6) is -0.250. The summed E-state index contributed by atoms with van der Waals surface area (Å²) in [6.07, 6.45) is -2.94. The van der Waals surface area contributed by atoms with E-state index in [9.17, 15) is 22.8 Å². The highest BCUT2D eigenvalue weighted by molar-refractivity contribution is 5.96. The average molecular weight is 392 g/mol. The first-order valence-electron chi connectivity index (χ1n) is 9.09. The van der Waals surface area contributed by atoms with Crippen molar-refractivity contribution in [2.24, 2.45) is 0 Å². The van der Waals surface area contributed by atoms with Crippen molar-refractivity contribution in [1.29, 1.82) is 0 Å². The number of aryl methyl sites for hydroxylation is 1. The molecule has 1 aromatic carbocycles. The summed E-state index contributed by atoms with van der Waals surface area (Å²) in [7, 11) is 0. The van der Waals surface area contributed by atoms with Crippen molar-refractivity contribution in [1.82, 2.24) is 9.47 Å². The molecule has 0 atom stereocenters. The van der Waals surface area contributed by atoms with Crippen LogP contribution in [0, 0.1) is 6.92 Å². The number of amides is 1. The van der Waals surface area contributed by atoms with Gasteiger partial charge in [0.2, 0.25) is 0 Å². The minimum atomic E-state index is -4.59. The largest absolute Gasteiger partial charge is 0.486 e. The molecule has 148 valence electrons. The molecule has 2 heterocycles. The van der Waals surface area contributed by atoms with Gasteiger partial charge in [-0.1, -0.05) is 12.1 Å². The maximum atomic E-state index is 13.1. The minimum Gasteiger partial charge on any atom is -0.486 e. The highest BCUT2D eigenvalue weighted by atomic mass is 19.4. The van der Waals surface area contributed by atoms with E-state index in [1.54, 1.807) is 10.6 Å². The first kappa shape index (κ1) is 18.6. The second-order valence-corrected chi connectivity index (χ2v) is 7.27. The summed E-state index contributed by atoms with van der Waals surface area (Å²) in [5, 5.41) is 0. The van der Waals surface area contributed by atoms with Crippen molar-refractivity contribution in [2.45, 2.75) is 38.1 Å². The molecular formula is C20H19F3N2O3. The Morgan fingerprint density at radius 1 is 1.14 bits per heavy atom. The smallest absolute Gasteiger partial charge is 0.417 e. The maximum absolute atomic E-state index is 13.1. The van der Waals surface area contributed by atoms with E-state index >= 15 is 0 Å². The van der Waals surface area contributed by atoms with Crippen molar-refractivity contribution in [3.8, 4) is 5.75 Å². The quantitative estimate of drug-likeness (QED) is 0.801. The van der Waals surface area contributed by atoms with E-state index in [4.69, 9.17) is 4.74 Å². The Morgan fingerprint density at radius 3 is 2.43 bits per heavy atom. The van der Waals surface area contributed by atoms with Crippen molar-refractivity contribution in [3.63, 3.8) is 0 Å². The van der Waals surface area contributed by atoms with Crippen LogP contribution < -0.4 is 10.3 Å². The molecule has 1 aliphatic heterocycles. The Bertz CT molecular complexity index is 973. The number of aromatic nitrogens is 1. The number of hydrogen-bond donors (Lipinski definition) is 0. The van der Waals surface area contributed by atoms with E-state index in [2.05, 4.69) is 0 Å². The van der Waals surface area contributed by atoms with Gasteiger partial charge >= 0.3 is 6.18 Å². The molecule has 2 aliphatic rings. The number of hydrogen-bond acceptors (Lipinski definition) is 3. The molecule has 28 heavy (non-hydrogen) atoms. The maximum Gasteiger partial charge on any atom is 0.417 e. The van der Waals surface area contributed by atoms with Crippen LogP contribution in [0.4, 0.5) is 13.2 Å². The summed E-state index contributed by atoms with van der Waals surface area (Å²) >= 11 is 0. The summed E-state index contributed by atoms with van der Waals surface area (Å²) < 4.78 is 46.8. The number of rotatable bonds is 4. The van der Waals surface area contributed by atoms with Crippen LogP contribution in [0.3, 0.4) is 0 Å². The minimum absolute atomic E-state index is 0.121. The second kappa shape index (κ2) is 6.68. The van der Waals surface area contributed by atoms with Gasteiger partial charge in [-0.15, -0.1) is 0 Å². The predicted molar refractivity (Wildman–Crippen MR) is 95.5 cm³/mol. The van der Waals surface area contributed by atoms with Crippen molar-refractivity contribution >= 4 is 5.91 Å². The molecule has 0 N–H and O–H groups in total. The van der Waals surface area contributed by atoms with Gasteiger partial charge in [-0.3, -0.25) is 9.59 Å². The van der Waals surface area contributed by atoms with Gasteiger partial charge in [0.15, 0.2) is 0 Å². The Labute approximate surface area is 159 Å². The van der Waals surface area contributed by atoms with Gasteiger partial charge in [-0.25, -0.2) is 0 Å². The number of pyridine rings is 1. The molecule has 0 unspecified atom stereocenters. The standard InChI is InChI=1S/C20H19F3N2O3/c1-12-8-14(9-18(26)25(12)13-6-7-13)28-15-10-24(11-15)19(27)16-4-2-3-5-17(16)20(21,22)23/h2-5,8-9,13,15H,6-7,10-11H2,1H3. The Hall–Kier alpha value is -2.77. The Kier molecular flexibility index (Phi) is 4.44. The lowest BCUT2D eigenvalue weighted by Crippen LogP contribution is -2.56. The fourth-order valence-electron chi connectivity index (χ4n) is 3.51. The van der Waals surface area contributed by atoms with Crippen LogP contribution in [0.1, 0.15) is 40.5 Å². The molecule has 1 aromatic heterocycles. The summed E-state index contributed by atoms with van der Waals surface area (Å²) in [5.41, 5.74) is -0.611. The predicted octanol–water partition coefficient (Wildman–Crippen LogP) is 3.41. The number of halogens is 3. The lowest BCUT2D eigenvalue weighted by atomic mass is 10.0. The molecule has 0 spiro atoms. The normalized spacial score (nSPS) is 17.4. The zero-order chi connectivity index (χ0) is 20.1. The lowest BCUT2D eigenvalue weighted by molar-refractivity contribution is -0.138. The van der Waals surface area contributed by atoms with Crippen LogP contribution in [-0.4, -0.2) is 34.6 Å². The number of nitrogens with zero attached hydrogens (tertiary/aromatic N) is 2.